The van der Waals surface area contributed by atoms with Crippen molar-refractivity contribution in [1.29, 1.82) is 0 Å². The molecule has 2 rings (SSSR count). The van der Waals surface area contributed by atoms with Crippen molar-refractivity contribution >= 4 is 10.0 Å². The van der Waals surface area contributed by atoms with Gasteiger partial charge in [-0.05, 0) is 84.5 Å². The van der Waals surface area contributed by atoms with Crippen molar-refractivity contribution in [2.24, 2.45) is 0 Å². The van der Waals surface area contributed by atoms with Crippen molar-refractivity contribution in [2.45, 2.75) is 44.0 Å². The molecule has 1 aliphatic rings. The molecule has 0 aromatic heterocycles. The Hall–Kier alpha value is -0.950. The number of nitrogens with zero attached hydrogens (tertiary/aromatic N) is 3. The minimum absolute atomic E-state index is 0.302. The van der Waals surface area contributed by atoms with E-state index >= 15 is 0 Å². The highest BCUT2D eigenvalue weighted by Gasteiger charge is 2.32. The summed E-state index contributed by atoms with van der Waals surface area (Å²) in [4.78, 5) is 4.98. The van der Waals surface area contributed by atoms with Crippen molar-refractivity contribution in [1.82, 2.24) is 14.1 Å². The average molecular weight is 368 g/mol. The zero-order valence-corrected chi connectivity index (χ0v) is 17.1. The highest BCUT2D eigenvalue weighted by atomic mass is 32.2. The molecule has 1 aromatic rings. The second-order valence-corrected chi connectivity index (χ2v) is 9.47. The fourth-order valence-electron chi connectivity index (χ4n) is 3.44. The van der Waals surface area contributed by atoms with Crippen LogP contribution in [0.1, 0.15) is 30.4 Å². The molecule has 1 heterocycles. The number of sulfonamides is 1. The standard InChI is InChI=1S/C19H33N3O2S/c1-16-9-10-17(2)19(14-16)25(23,24)22-13-6-8-18(15-22)21(5)12-7-11-20(3)4/h9-10,14,18H,6-8,11-13,15H2,1-5H3/t18-/m0/s1. The van der Waals surface area contributed by atoms with Crippen LogP contribution in [-0.2, 0) is 10.0 Å². The normalized spacial score (nSPS) is 19.7. The van der Waals surface area contributed by atoms with Gasteiger partial charge >= 0.3 is 0 Å². The van der Waals surface area contributed by atoms with Crippen LogP contribution in [0.2, 0.25) is 0 Å². The van der Waals surface area contributed by atoms with Crippen LogP contribution in [-0.4, -0.2) is 75.9 Å². The van der Waals surface area contributed by atoms with Gasteiger partial charge in [-0.3, -0.25) is 0 Å². The lowest BCUT2D eigenvalue weighted by molar-refractivity contribution is 0.158. The number of hydrogen-bond donors (Lipinski definition) is 0. The molecule has 1 aromatic carbocycles. The second kappa shape index (κ2) is 8.62. The smallest absolute Gasteiger partial charge is 0.243 e. The summed E-state index contributed by atoms with van der Waals surface area (Å²) in [6, 6.07) is 5.97. The van der Waals surface area contributed by atoms with Crippen molar-refractivity contribution in [3.05, 3.63) is 29.3 Å². The predicted octanol–water partition coefficient (Wildman–Crippen LogP) is 2.34. The van der Waals surface area contributed by atoms with Crippen LogP contribution in [0.15, 0.2) is 23.1 Å². The second-order valence-electron chi connectivity index (χ2n) is 7.57. The molecule has 6 heteroatoms. The van der Waals surface area contributed by atoms with Crippen LogP contribution >= 0.6 is 0 Å². The van der Waals surface area contributed by atoms with Gasteiger partial charge in [0.25, 0.3) is 0 Å². The summed E-state index contributed by atoms with van der Waals surface area (Å²) < 4.78 is 28.0. The van der Waals surface area contributed by atoms with Gasteiger partial charge in [-0.25, -0.2) is 8.42 Å². The summed E-state index contributed by atoms with van der Waals surface area (Å²) in [5.41, 5.74) is 1.81. The molecule has 1 atom stereocenters. The van der Waals surface area contributed by atoms with Gasteiger partial charge in [0.2, 0.25) is 10.0 Å². The van der Waals surface area contributed by atoms with Gasteiger partial charge in [0.1, 0.15) is 0 Å². The van der Waals surface area contributed by atoms with Crippen molar-refractivity contribution in [3.63, 3.8) is 0 Å². The molecule has 0 N–H and O–H groups in total. The molecule has 0 saturated carbocycles. The van der Waals surface area contributed by atoms with Crippen LogP contribution < -0.4 is 0 Å². The van der Waals surface area contributed by atoms with Gasteiger partial charge in [-0.1, -0.05) is 12.1 Å². The minimum atomic E-state index is -3.42. The summed E-state index contributed by atoms with van der Waals surface area (Å²) in [7, 11) is 2.87. The van der Waals surface area contributed by atoms with Crippen molar-refractivity contribution < 1.29 is 8.42 Å². The third-order valence-electron chi connectivity index (χ3n) is 5.06. The van der Waals surface area contributed by atoms with E-state index in [-0.39, 0.29) is 0 Å². The zero-order chi connectivity index (χ0) is 18.6. The molecule has 0 amide bonds. The van der Waals surface area contributed by atoms with Crippen molar-refractivity contribution in [3.8, 4) is 0 Å². The third kappa shape index (κ3) is 5.26. The average Bonchev–Trinajstić information content (AvgIpc) is 2.56. The Bertz CT molecular complexity index is 673. The van der Waals surface area contributed by atoms with E-state index in [1.54, 1.807) is 10.4 Å². The van der Waals surface area contributed by atoms with E-state index in [1.165, 1.54) is 0 Å². The topological polar surface area (TPSA) is 43.9 Å². The van der Waals surface area contributed by atoms with E-state index in [2.05, 4.69) is 30.9 Å². The molecule has 0 radical (unpaired) electrons. The Morgan fingerprint density at radius 2 is 1.88 bits per heavy atom. The van der Waals surface area contributed by atoms with E-state index in [9.17, 15) is 8.42 Å². The Morgan fingerprint density at radius 3 is 2.56 bits per heavy atom. The van der Waals surface area contributed by atoms with Gasteiger partial charge < -0.3 is 9.80 Å². The van der Waals surface area contributed by atoms with E-state index in [0.717, 1.165) is 43.5 Å². The lowest BCUT2D eigenvalue weighted by Crippen LogP contribution is -2.49. The maximum absolute atomic E-state index is 13.1. The van der Waals surface area contributed by atoms with Crippen molar-refractivity contribution in [2.75, 3.05) is 47.3 Å². The summed E-state index contributed by atoms with van der Waals surface area (Å²) in [5.74, 6) is 0. The Balaban J connectivity index is 2.08. The van der Waals surface area contributed by atoms with Crippen LogP contribution in [0.5, 0.6) is 0 Å². The highest BCUT2D eigenvalue weighted by molar-refractivity contribution is 7.89. The summed E-state index contributed by atoms with van der Waals surface area (Å²) in [6.07, 6.45) is 3.09. The molecular formula is C19H33N3O2S. The molecule has 0 spiro atoms. The Labute approximate surface area is 153 Å². The van der Waals surface area contributed by atoms with Crippen LogP contribution in [0, 0.1) is 13.8 Å². The van der Waals surface area contributed by atoms with E-state index in [0.29, 0.717) is 24.0 Å². The first-order valence-electron chi connectivity index (χ1n) is 9.14. The lowest BCUT2D eigenvalue weighted by atomic mass is 10.1. The van der Waals surface area contributed by atoms with Crippen LogP contribution in [0.3, 0.4) is 0 Å². The first-order chi connectivity index (χ1) is 11.7. The number of piperidine rings is 1. The summed E-state index contributed by atoms with van der Waals surface area (Å²) in [6.45, 7) is 7.09. The Morgan fingerprint density at radius 1 is 1.16 bits per heavy atom. The largest absolute Gasteiger partial charge is 0.309 e. The molecule has 1 saturated heterocycles. The molecule has 0 unspecified atom stereocenters. The van der Waals surface area contributed by atoms with E-state index in [1.807, 2.05) is 26.0 Å². The Kier molecular flexibility index (Phi) is 7.02. The zero-order valence-electron chi connectivity index (χ0n) is 16.3. The molecular weight excluding hydrogens is 334 g/mol. The predicted molar refractivity (Wildman–Crippen MR) is 103 cm³/mol. The first kappa shape index (κ1) is 20.4. The van der Waals surface area contributed by atoms with E-state index in [4.69, 9.17) is 0 Å². The maximum Gasteiger partial charge on any atom is 0.243 e. The monoisotopic (exact) mass is 367 g/mol. The van der Waals surface area contributed by atoms with Gasteiger partial charge in [0.05, 0.1) is 4.90 Å². The summed E-state index contributed by atoms with van der Waals surface area (Å²) in [5, 5.41) is 0. The molecule has 0 bridgehead atoms. The summed E-state index contributed by atoms with van der Waals surface area (Å²) >= 11 is 0. The maximum atomic E-state index is 13.1. The quantitative estimate of drug-likeness (QED) is 0.742. The molecule has 0 aliphatic carbocycles. The first-order valence-corrected chi connectivity index (χ1v) is 10.6. The van der Waals surface area contributed by atoms with Gasteiger partial charge in [0, 0.05) is 19.1 Å². The molecule has 5 nitrogen and oxygen atoms in total. The lowest BCUT2D eigenvalue weighted by Gasteiger charge is -2.37. The van der Waals surface area contributed by atoms with Gasteiger partial charge in [-0.15, -0.1) is 0 Å². The van der Waals surface area contributed by atoms with E-state index < -0.39 is 10.0 Å². The SMILES string of the molecule is Cc1ccc(C)c(S(=O)(=O)N2CCC[C@H](N(C)CCCN(C)C)C2)c1. The van der Waals surface area contributed by atoms with Gasteiger partial charge in [-0.2, -0.15) is 4.31 Å². The molecule has 1 aliphatic heterocycles. The fourth-order valence-corrected chi connectivity index (χ4v) is 5.27. The fraction of sp³-hybridized carbons (Fsp3) is 0.684. The number of benzene rings is 1. The third-order valence-corrected chi connectivity index (χ3v) is 7.07. The highest BCUT2D eigenvalue weighted by Crippen LogP contribution is 2.25. The number of hydrogen-bond acceptors (Lipinski definition) is 4. The number of likely N-dealkylation sites (N-methyl/N-ethyl adjacent to an activating group) is 1. The van der Waals surface area contributed by atoms with Crippen LogP contribution in [0.25, 0.3) is 0 Å². The molecule has 142 valence electrons. The van der Waals surface area contributed by atoms with Gasteiger partial charge in [0.15, 0.2) is 0 Å². The minimum Gasteiger partial charge on any atom is -0.309 e. The molecule has 25 heavy (non-hydrogen) atoms. The van der Waals surface area contributed by atoms with Crippen LogP contribution in [0.4, 0.5) is 0 Å². The number of rotatable bonds is 7. The molecule has 1 fully saturated rings. The number of aryl methyl sites for hydroxylation is 2.